The summed E-state index contributed by atoms with van der Waals surface area (Å²) in [6.45, 7) is 9.74. The van der Waals surface area contributed by atoms with Gasteiger partial charge in [0.1, 0.15) is 0 Å². The van der Waals surface area contributed by atoms with E-state index >= 15 is 0 Å². The minimum absolute atomic E-state index is 0.282. The molecule has 0 spiro atoms. The molecular weight excluding hydrogens is 346 g/mol. The smallest absolute Gasteiger partial charge is 0.333 e. The van der Waals surface area contributed by atoms with Crippen molar-refractivity contribution in [2.45, 2.75) is 96.3 Å². The number of unbranched alkanes of at least 4 members (excludes halogenated alkanes) is 7. The van der Waals surface area contributed by atoms with E-state index in [1.54, 1.807) is 0 Å². The Morgan fingerprint density at radius 2 is 1.42 bits per heavy atom. The summed E-state index contributed by atoms with van der Waals surface area (Å²) in [5.41, 5.74) is 0.875. The van der Waals surface area contributed by atoms with Crippen molar-refractivity contribution in [1.82, 2.24) is 4.73 Å². The fraction of sp³-hybridized carbons (Fsp3) is 0.750. The Morgan fingerprint density at radius 3 is 1.92 bits per heavy atom. The highest BCUT2D eigenvalue weighted by Crippen LogP contribution is 2.27. The number of rotatable bonds is 13. The summed E-state index contributed by atoms with van der Waals surface area (Å²) in [5, 5.41) is 18.8. The van der Waals surface area contributed by atoms with Crippen LogP contribution in [0.1, 0.15) is 71.6 Å². The van der Waals surface area contributed by atoms with E-state index in [4.69, 9.17) is 4.84 Å². The van der Waals surface area contributed by atoms with Crippen LogP contribution in [0.5, 0.6) is 11.8 Å². The lowest BCUT2D eigenvalue weighted by atomic mass is 10.1. The third-order valence-electron chi connectivity index (χ3n) is 5.51. The molecule has 0 amide bonds. The molecule has 26 heavy (non-hydrogen) atoms. The molecule has 5 nitrogen and oxygen atoms in total. The van der Waals surface area contributed by atoms with Crippen molar-refractivity contribution in [1.29, 1.82) is 0 Å². The molecule has 6 heteroatoms. The molecule has 0 aliphatic heterocycles. The van der Waals surface area contributed by atoms with Crippen LogP contribution in [-0.4, -0.2) is 29.0 Å². The second kappa shape index (κ2) is 11.3. The molecule has 1 aromatic heterocycles. The minimum atomic E-state index is -0.985. The lowest BCUT2D eigenvalue weighted by Gasteiger charge is -2.26. The molecule has 0 saturated heterocycles. The molecule has 0 atom stereocenters. The second-order valence-electron chi connectivity index (χ2n) is 8.28. The molecule has 0 aromatic carbocycles. The number of aromatic nitrogens is 1. The van der Waals surface area contributed by atoms with Gasteiger partial charge < -0.3 is 15.1 Å². The van der Waals surface area contributed by atoms with E-state index in [2.05, 4.69) is 26.9 Å². The zero-order valence-corrected chi connectivity index (χ0v) is 18.0. The van der Waals surface area contributed by atoms with Gasteiger partial charge in [-0.15, -0.1) is 4.73 Å². The van der Waals surface area contributed by atoms with Gasteiger partial charge in [-0.25, -0.2) is 4.79 Å². The quantitative estimate of drug-likeness (QED) is 0.349. The lowest BCUT2D eigenvalue weighted by molar-refractivity contribution is -0.145. The Hall–Kier alpha value is -1.43. The molecule has 0 unspecified atom stereocenters. The first-order valence-corrected chi connectivity index (χ1v) is 13.3. The topological polar surface area (TPSA) is 71.7 Å². The van der Waals surface area contributed by atoms with E-state index < -0.39 is 14.0 Å². The van der Waals surface area contributed by atoms with E-state index in [1.165, 1.54) is 50.3 Å². The Balaban J connectivity index is 1.97. The Labute approximate surface area is 159 Å². The van der Waals surface area contributed by atoms with Gasteiger partial charge in [-0.3, -0.25) is 0 Å². The average molecular weight is 384 g/mol. The van der Waals surface area contributed by atoms with Crippen LogP contribution in [0.2, 0.25) is 24.7 Å². The van der Waals surface area contributed by atoms with Gasteiger partial charge in [0.2, 0.25) is 11.8 Å². The molecule has 1 rings (SSSR count). The fourth-order valence-corrected chi connectivity index (χ4v) is 4.58. The molecule has 2 N–H and O–H groups in total. The van der Waals surface area contributed by atoms with Crippen LogP contribution in [0.3, 0.4) is 0 Å². The molecular formula is C20H37NO4Si. The van der Waals surface area contributed by atoms with E-state index in [-0.39, 0.29) is 11.8 Å². The van der Waals surface area contributed by atoms with Gasteiger partial charge in [0.05, 0.1) is 0 Å². The molecule has 150 valence electrons. The normalized spacial score (nSPS) is 11.9. The summed E-state index contributed by atoms with van der Waals surface area (Å²) in [4.78, 5) is 16.6. The Bertz CT molecular complexity index is 520. The average Bonchev–Trinajstić information content (AvgIpc) is 2.88. The molecule has 0 saturated carbocycles. The van der Waals surface area contributed by atoms with E-state index in [0.717, 1.165) is 29.5 Å². The van der Waals surface area contributed by atoms with Crippen LogP contribution in [-0.2, 0) is 4.79 Å². The summed E-state index contributed by atoms with van der Waals surface area (Å²) in [6.07, 6.45) is 9.75. The first-order valence-electron chi connectivity index (χ1n) is 10.0. The number of aromatic hydroxyl groups is 2. The molecule has 0 aliphatic carbocycles. The third kappa shape index (κ3) is 8.30. The van der Waals surface area contributed by atoms with Gasteiger partial charge in [0.15, 0.2) is 0 Å². The standard InChI is InChI=1S/C20H37NO4Si/c1-17(2)26(3,4)16-12-10-8-6-5-7-9-11-13-20(24)25-21-18(22)14-15-19(21)23/h14-15,17,22-23H,5-13,16H2,1-4H3. The van der Waals surface area contributed by atoms with Crippen LogP contribution < -0.4 is 4.84 Å². The summed E-state index contributed by atoms with van der Waals surface area (Å²) >= 11 is 0. The number of nitrogens with zero attached hydrogens (tertiary/aromatic N) is 1. The molecule has 0 bridgehead atoms. The number of carbonyl (C=O) groups is 1. The molecule has 0 aliphatic rings. The number of hydrogen-bond donors (Lipinski definition) is 2. The highest BCUT2D eigenvalue weighted by molar-refractivity contribution is 6.78. The lowest BCUT2D eigenvalue weighted by Crippen LogP contribution is -2.28. The maximum absolute atomic E-state index is 11.7. The predicted octanol–water partition coefficient (Wildman–Crippen LogP) is 5.48. The number of carbonyl (C=O) groups excluding carboxylic acids is 1. The SMILES string of the molecule is CC(C)[Si](C)(C)CCCCCCCCCCC(=O)On1c(O)ccc1O. The highest BCUT2D eigenvalue weighted by atomic mass is 28.3. The van der Waals surface area contributed by atoms with Crippen molar-refractivity contribution in [3.63, 3.8) is 0 Å². The van der Waals surface area contributed by atoms with Gasteiger partial charge in [-0.2, -0.15) is 0 Å². The third-order valence-corrected chi connectivity index (χ3v) is 10.3. The molecule has 0 radical (unpaired) electrons. The maximum Gasteiger partial charge on any atom is 0.333 e. The van der Waals surface area contributed by atoms with E-state index in [0.29, 0.717) is 6.42 Å². The van der Waals surface area contributed by atoms with Crippen molar-refractivity contribution in [3.05, 3.63) is 12.1 Å². The minimum Gasteiger partial charge on any atom is -0.492 e. The molecule has 1 aromatic rings. The van der Waals surface area contributed by atoms with Crippen molar-refractivity contribution in [2.24, 2.45) is 0 Å². The summed E-state index contributed by atoms with van der Waals surface area (Å²) in [7, 11) is -0.985. The van der Waals surface area contributed by atoms with Crippen molar-refractivity contribution >= 4 is 14.0 Å². The second-order valence-corrected chi connectivity index (χ2v) is 13.9. The van der Waals surface area contributed by atoms with Gasteiger partial charge in [-0.05, 0) is 6.42 Å². The van der Waals surface area contributed by atoms with Crippen molar-refractivity contribution in [2.75, 3.05) is 0 Å². The fourth-order valence-electron chi connectivity index (χ4n) is 2.84. The van der Waals surface area contributed by atoms with Gasteiger partial charge in [-0.1, -0.05) is 83.5 Å². The first kappa shape index (κ1) is 22.6. The van der Waals surface area contributed by atoms with Crippen LogP contribution >= 0.6 is 0 Å². The predicted molar refractivity (Wildman–Crippen MR) is 108 cm³/mol. The largest absolute Gasteiger partial charge is 0.492 e. The summed E-state index contributed by atoms with van der Waals surface area (Å²) in [5.74, 6) is -1.01. The zero-order valence-electron chi connectivity index (χ0n) is 17.0. The Morgan fingerprint density at radius 1 is 0.962 bits per heavy atom. The highest BCUT2D eigenvalue weighted by Gasteiger charge is 2.23. The summed E-state index contributed by atoms with van der Waals surface area (Å²) < 4.78 is 0.742. The van der Waals surface area contributed by atoms with Crippen LogP contribution in [0.4, 0.5) is 0 Å². The van der Waals surface area contributed by atoms with Gasteiger partial charge in [0.25, 0.3) is 0 Å². The first-order chi connectivity index (χ1) is 12.2. The van der Waals surface area contributed by atoms with Gasteiger partial charge in [0, 0.05) is 26.6 Å². The summed E-state index contributed by atoms with van der Waals surface area (Å²) in [6, 6.07) is 3.99. The van der Waals surface area contributed by atoms with Crippen molar-refractivity contribution < 1.29 is 19.8 Å². The molecule has 0 fully saturated rings. The van der Waals surface area contributed by atoms with Gasteiger partial charge >= 0.3 is 5.97 Å². The maximum atomic E-state index is 11.7. The van der Waals surface area contributed by atoms with Crippen LogP contribution in [0, 0.1) is 0 Å². The van der Waals surface area contributed by atoms with E-state index in [1.807, 2.05) is 0 Å². The Kier molecular flexibility index (Phi) is 9.84. The van der Waals surface area contributed by atoms with Crippen molar-refractivity contribution in [3.8, 4) is 11.8 Å². The zero-order chi connectivity index (χ0) is 19.6. The monoisotopic (exact) mass is 383 g/mol. The van der Waals surface area contributed by atoms with Crippen LogP contribution in [0.15, 0.2) is 12.1 Å². The molecule has 1 heterocycles. The van der Waals surface area contributed by atoms with E-state index in [9.17, 15) is 15.0 Å². The van der Waals surface area contributed by atoms with Crippen LogP contribution in [0.25, 0.3) is 0 Å². The number of hydrogen-bond acceptors (Lipinski definition) is 4.